The molecule has 1 aromatic heterocycles. The molecule has 0 radical (unpaired) electrons. The minimum Gasteiger partial charge on any atom is -0.436 e. The Bertz CT molecular complexity index is 534. The van der Waals surface area contributed by atoms with E-state index in [1.807, 2.05) is 0 Å². The third-order valence-electron chi connectivity index (χ3n) is 2.08. The second-order valence-corrected chi connectivity index (χ2v) is 3.55. The fourth-order valence-corrected chi connectivity index (χ4v) is 1.48. The Morgan fingerprint density at radius 3 is 2.71 bits per heavy atom. The van der Waals surface area contributed by atoms with Crippen LogP contribution in [0.3, 0.4) is 0 Å². The van der Waals surface area contributed by atoms with E-state index in [-0.39, 0.29) is 17.5 Å². The largest absolute Gasteiger partial charge is 0.436 e. The van der Waals surface area contributed by atoms with Gasteiger partial charge in [-0.05, 0) is 18.2 Å². The molecule has 0 spiro atoms. The second-order valence-electron chi connectivity index (χ2n) is 3.28. The van der Waals surface area contributed by atoms with E-state index in [4.69, 9.17) is 16.3 Å². The summed E-state index contributed by atoms with van der Waals surface area (Å²) in [5.74, 6) is -0.862. The van der Waals surface area contributed by atoms with Crippen molar-refractivity contribution in [3.05, 3.63) is 53.7 Å². The van der Waals surface area contributed by atoms with Crippen LogP contribution in [0.4, 0.5) is 8.78 Å². The zero-order valence-corrected chi connectivity index (χ0v) is 9.42. The van der Waals surface area contributed by atoms with Crippen LogP contribution in [0.2, 0.25) is 0 Å². The third-order valence-corrected chi connectivity index (χ3v) is 2.37. The van der Waals surface area contributed by atoms with Crippen molar-refractivity contribution in [1.29, 1.82) is 0 Å². The zero-order valence-electron chi connectivity index (χ0n) is 8.66. The van der Waals surface area contributed by atoms with Gasteiger partial charge in [0.05, 0.1) is 12.1 Å². The monoisotopic (exact) mass is 255 g/mol. The topological polar surface area (TPSA) is 22.1 Å². The molecule has 1 aromatic carbocycles. The van der Waals surface area contributed by atoms with E-state index in [1.54, 1.807) is 12.1 Å². The summed E-state index contributed by atoms with van der Waals surface area (Å²) in [6.07, 6.45) is 0.992. The first-order chi connectivity index (χ1) is 8.20. The number of hydrogen-bond donors (Lipinski definition) is 0. The summed E-state index contributed by atoms with van der Waals surface area (Å²) < 4.78 is 31.5. The van der Waals surface area contributed by atoms with Gasteiger partial charge in [0.1, 0.15) is 5.82 Å². The van der Waals surface area contributed by atoms with Crippen molar-refractivity contribution in [1.82, 2.24) is 4.98 Å². The van der Waals surface area contributed by atoms with E-state index in [2.05, 4.69) is 4.98 Å². The molecule has 0 saturated heterocycles. The molecule has 0 atom stereocenters. The normalized spacial score (nSPS) is 10.3. The first kappa shape index (κ1) is 11.8. The molecule has 0 saturated carbocycles. The Kier molecular flexibility index (Phi) is 3.54. The Morgan fingerprint density at radius 1 is 1.24 bits per heavy atom. The van der Waals surface area contributed by atoms with E-state index < -0.39 is 11.6 Å². The molecule has 0 fully saturated rings. The van der Waals surface area contributed by atoms with Crippen LogP contribution in [0.5, 0.6) is 11.6 Å². The first-order valence-corrected chi connectivity index (χ1v) is 5.37. The van der Waals surface area contributed by atoms with Gasteiger partial charge in [0.15, 0.2) is 11.6 Å². The number of alkyl halides is 1. The molecule has 0 N–H and O–H groups in total. The van der Waals surface area contributed by atoms with Crippen molar-refractivity contribution >= 4 is 11.6 Å². The van der Waals surface area contributed by atoms with Gasteiger partial charge in [-0.3, -0.25) is 0 Å². The summed E-state index contributed by atoms with van der Waals surface area (Å²) >= 11 is 5.63. The van der Waals surface area contributed by atoms with E-state index in [0.29, 0.717) is 5.56 Å². The number of ether oxygens (including phenoxy) is 1. The van der Waals surface area contributed by atoms with Gasteiger partial charge in [0, 0.05) is 5.56 Å². The SMILES string of the molecule is Fc1cnc(Oc2ccccc2F)c(CCl)c1. The van der Waals surface area contributed by atoms with Crippen molar-refractivity contribution in [3.8, 4) is 11.6 Å². The van der Waals surface area contributed by atoms with Crippen LogP contribution in [0.25, 0.3) is 0 Å². The summed E-state index contributed by atoms with van der Waals surface area (Å²) in [4.78, 5) is 3.74. The molecule has 0 bridgehead atoms. The molecule has 2 rings (SSSR count). The van der Waals surface area contributed by atoms with Gasteiger partial charge in [0.25, 0.3) is 0 Å². The highest BCUT2D eigenvalue weighted by Gasteiger charge is 2.10. The van der Waals surface area contributed by atoms with Crippen LogP contribution in [0.1, 0.15) is 5.56 Å². The molecule has 2 nitrogen and oxygen atoms in total. The maximum atomic E-state index is 13.3. The lowest BCUT2D eigenvalue weighted by atomic mass is 10.3. The fourth-order valence-electron chi connectivity index (χ4n) is 1.29. The Labute approximate surface area is 102 Å². The zero-order chi connectivity index (χ0) is 12.3. The summed E-state index contributed by atoms with van der Waals surface area (Å²) in [5, 5.41) is 0. The Hall–Kier alpha value is -1.68. The van der Waals surface area contributed by atoms with Crippen molar-refractivity contribution in [2.75, 3.05) is 0 Å². The van der Waals surface area contributed by atoms with Gasteiger partial charge >= 0.3 is 0 Å². The molecule has 0 unspecified atom stereocenters. The number of halogens is 3. The highest BCUT2D eigenvalue weighted by atomic mass is 35.5. The second kappa shape index (κ2) is 5.10. The smallest absolute Gasteiger partial charge is 0.223 e. The van der Waals surface area contributed by atoms with Crippen molar-refractivity contribution in [2.45, 2.75) is 5.88 Å². The lowest BCUT2D eigenvalue weighted by molar-refractivity contribution is 0.421. The lowest BCUT2D eigenvalue weighted by Gasteiger charge is -2.08. The molecule has 88 valence electrons. The van der Waals surface area contributed by atoms with E-state index in [1.165, 1.54) is 18.2 Å². The van der Waals surface area contributed by atoms with Crippen LogP contribution in [0, 0.1) is 11.6 Å². The average Bonchev–Trinajstić information content (AvgIpc) is 2.34. The molecule has 2 aromatic rings. The number of aromatic nitrogens is 1. The number of nitrogens with zero attached hydrogens (tertiary/aromatic N) is 1. The number of rotatable bonds is 3. The Balaban J connectivity index is 2.33. The minimum atomic E-state index is -0.515. The quantitative estimate of drug-likeness (QED) is 0.776. The number of pyridine rings is 1. The van der Waals surface area contributed by atoms with E-state index >= 15 is 0 Å². The standard InChI is InChI=1S/C12H8ClF2NO/c13-6-8-5-9(14)7-16-12(8)17-11-4-2-1-3-10(11)15/h1-5,7H,6H2. The van der Waals surface area contributed by atoms with Crippen molar-refractivity contribution in [2.24, 2.45) is 0 Å². The van der Waals surface area contributed by atoms with Gasteiger partial charge < -0.3 is 4.74 Å². The molecule has 0 aliphatic heterocycles. The van der Waals surface area contributed by atoms with Gasteiger partial charge in [-0.25, -0.2) is 13.8 Å². The molecule has 0 aliphatic carbocycles. The summed E-state index contributed by atoms with van der Waals surface area (Å²) in [6, 6.07) is 7.10. The van der Waals surface area contributed by atoms with Crippen LogP contribution in [-0.2, 0) is 5.88 Å². The number of hydrogen-bond acceptors (Lipinski definition) is 2. The number of para-hydroxylation sites is 1. The lowest BCUT2D eigenvalue weighted by Crippen LogP contribution is -1.95. The fraction of sp³-hybridized carbons (Fsp3) is 0.0833. The van der Waals surface area contributed by atoms with Gasteiger partial charge in [-0.15, -0.1) is 11.6 Å². The number of benzene rings is 1. The summed E-state index contributed by atoms with van der Waals surface area (Å²) in [6.45, 7) is 0. The maximum Gasteiger partial charge on any atom is 0.223 e. The van der Waals surface area contributed by atoms with Crippen LogP contribution in [-0.4, -0.2) is 4.98 Å². The molecule has 1 heterocycles. The van der Waals surface area contributed by atoms with Gasteiger partial charge in [0.2, 0.25) is 5.88 Å². The molecular formula is C12H8ClF2NO. The molecule has 0 aliphatic rings. The highest BCUT2D eigenvalue weighted by molar-refractivity contribution is 6.17. The summed E-state index contributed by atoms with van der Waals surface area (Å²) in [5.41, 5.74) is 0.370. The van der Waals surface area contributed by atoms with Crippen LogP contribution in [0.15, 0.2) is 36.5 Å². The van der Waals surface area contributed by atoms with Crippen LogP contribution < -0.4 is 4.74 Å². The van der Waals surface area contributed by atoms with E-state index in [0.717, 1.165) is 6.20 Å². The Morgan fingerprint density at radius 2 is 2.00 bits per heavy atom. The van der Waals surface area contributed by atoms with Crippen LogP contribution >= 0.6 is 11.6 Å². The van der Waals surface area contributed by atoms with Gasteiger partial charge in [-0.1, -0.05) is 12.1 Å². The van der Waals surface area contributed by atoms with E-state index in [9.17, 15) is 8.78 Å². The minimum absolute atomic E-state index is 0.0259. The van der Waals surface area contributed by atoms with Crippen molar-refractivity contribution < 1.29 is 13.5 Å². The first-order valence-electron chi connectivity index (χ1n) is 4.83. The van der Waals surface area contributed by atoms with Gasteiger partial charge in [-0.2, -0.15) is 0 Å². The molecule has 5 heteroatoms. The molecular weight excluding hydrogens is 248 g/mol. The highest BCUT2D eigenvalue weighted by Crippen LogP contribution is 2.26. The predicted molar refractivity (Wildman–Crippen MR) is 60.2 cm³/mol. The molecule has 17 heavy (non-hydrogen) atoms. The maximum absolute atomic E-state index is 13.3. The third kappa shape index (κ3) is 2.71. The predicted octanol–water partition coefficient (Wildman–Crippen LogP) is 3.89. The molecule has 0 amide bonds. The average molecular weight is 256 g/mol. The van der Waals surface area contributed by atoms with Crippen molar-refractivity contribution in [3.63, 3.8) is 0 Å². The summed E-state index contributed by atoms with van der Waals surface area (Å²) in [7, 11) is 0.